The summed E-state index contributed by atoms with van der Waals surface area (Å²) in [5.74, 6) is 0.669. The maximum atomic E-state index is 12.2. The summed E-state index contributed by atoms with van der Waals surface area (Å²) in [7, 11) is 1.41. The Morgan fingerprint density at radius 2 is 2.00 bits per heavy atom. The van der Waals surface area contributed by atoms with Gasteiger partial charge in [0.15, 0.2) is 0 Å². The zero-order valence-corrected chi connectivity index (χ0v) is 12.8. The van der Waals surface area contributed by atoms with Gasteiger partial charge in [-0.3, -0.25) is 9.59 Å². The van der Waals surface area contributed by atoms with Crippen molar-refractivity contribution in [1.29, 1.82) is 0 Å². The summed E-state index contributed by atoms with van der Waals surface area (Å²) in [5.41, 5.74) is 1.87. The lowest BCUT2D eigenvalue weighted by molar-refractivity contribution is -0.148. The van der Waals surface area contributed by atoms with Crippen molar-refractivity contribution in [2.75, 3.05) is 20.2 Å². The quantitative estimate of drug-likeness (QED) is 0.789. The van der Waals surface area contributed by atoms with E-state index < -0.39 is 0 Å². The summed E-state index contributed by atoms with van der Waals surface area (Å²) >= 11 is 0. The van der Waals surface area contributed by atoms with Gasteiger partial charge in [0.05, 0.1) is 18.7 Å². The first kappa shape index (κ1) is 15.5. The molecule has 0 atom stereocenters. The monoisotopic (exact) mass is 294 g/mol. The van der Waals surface area contributed by atoms with E-state index in [9.17, 15) is 9.59 Å². The second kappa shape index (κ2) is 6.74. The number of likely N-dealkylation sites (tertiary alicyclic amines) is 1. The van der Waals surface area contributed by atoms with Crippen molar-refractivity contribution in [3.63, 3.8) is 0 Å². The van der Waals surface area contributed by atoms with Crippen molar-refractivity contribution in [3.05, 3.63) is 17.0 Å². The number of rotatable bonds is 4. The van der Waals surface area contributed by atoms with Crippen molar-refractivity contribution in [3.8, 4) is 0 Å². The third-order valence-electron chi connectivity index (χ3n) is 4.15. The molecule has 1 fully saturated rings. The van der Waals surface area contributed by atoms with E-state index in [2.05, 4.69) is 5.16 Å². The predicted molar refractivity (Wildman–Crippen MR) is 75.6 cm³/mol. The van der Waals surface area contributed by atoms with Crippen molar-refractivity contribution in [2.24, 2.45) is 5.92 Å². The summed E-state index contributed by atoms with van der Waals surface area (Å²) in [6.45, 7) is 5.00. The van der Waals surface area contributed by atoms with Crippen LogP contribution in [0.25, 0.3) is 0 Å². The number of aromatic nitrogens is 1. The second-order valence-corrected chi connectivity index (χ2v) is 5.48. The molecule has 1 saturated heterocycles. The van der Waals surface area contributed by atoms with Crippen LogP contribution in [0.1, 0.15) is 36.3 Å². The van der Waals surface area contributed by atoms with E-state index in [1.54, 1.807) is 0 Å². The van der Waals surface area contributed by atoms with Crippen LogP contribution in [0.3, 0.4) is 0 Å². The number of piperidine rings is 1. The molecule has 116 valence electrons. The van der Waals surface area contributed by atoms with Crippen LogP contribution in [0.15, 0.2) is 4.52 Å². The number of hydrogen-bond acceptors (Lipinski definition) is 5. The third kappa shape index (κ3) is 3.62. The molecule has 2 heterocycles. The predicted octanol–water partition coefficient (Wildman–Crippen LogP) is 1.64. The number of ether oxygens (including phenoxy) is 1. The van der Waals surface area contributed by atoms with Gasteiger partial charge in [-0.15, -0.1) is 0 Å². The Kier molecular flexibility index (Phi) is 4.98. The normalized spacial score (nSPS) is 16.0. The summed E-state index contributed by atoms with van der Waals surface area (Å²) in [6.07, 6.45) is 2.47. The van der Waals surface area contributed by atoms with Crippen molar-refractivity contribution < 1.29 is 18.8 Å². The van der Waals surface area contributed by atoms with E-state index in [1.165, 1.54) is 7.11 Å². The highest BCUT2D eigenvalue weighted by Crippen LogP contribution is 2.20. The molecule has 0 aromatic carbocycles. The number of esters is 1. The maximum absolute atomic E-state index is 12.2. The van der Waals surface area contributed by atoms with Crippen LogP contribution in [0.5, 0.6) is 0 Å². The molecular formula is C15H22N2O4. The molecule has 0 N–H and O–H groups in total. The topological polar surface area (TPSA) is 72.6 Å². The van der Waals surface area contributed by atoms with Crippen LogP contribution >= 0.6 is 0 Å². The second-order valence-electron chi connectivity index (χ2n) is 5.48. The van der Waals surface area contributed by atoms with Crippen molar-refractivity contribution in [1.82, 2.24) is 10.1 Å². The highest BCUT2D eigenvalue weighted by atomic mass is 16.5. The average molecular weight is 294 g/mol. The smallest absolute Gasteiger partial charge is 0.308 e. The lowest BCUT2D eigenvalue weighted by Crippen LogP contribution is -2.40. The molecule has 6 heteroatoms. The fourth-order valence-electron chi connectivity index (χ4n) is 2.78. The van der Waals surface area contributed by atoms with E-state index in [1.807, 2.05) is 18.7 Å². The lowest BCUT2D eigenvalue weighted by atomic mass is 9.96. The molecule has 1 aromatic heterocycles. The minimum Gasteiger partial charge on any atom is -0.469 e. The number of methoxy groups -OCH3 is 1. The molecule has 6 nitrogen and oxygen atoms in total. The lowest BCUT2D eigenvalue weighted by Gasteiger charge is -2.30. The van der Waals surface area contributed by atoms with Crippen LogP contribution in [-0.2, 0) is 20.7 Å². The maximum Gasteiger partial charge on any atom is 0.308 e. The van der Waals surface area contributed by atoms with Gasteiger partial charge in [-0.1, -0.05) is 5.16 Å². The van der Waals surface area contributed by atoms with Gasteiger partial charge in [0.25, 0.3) is 0 Å². The van der Waals surface area contributed by atoms with Gasteiger partial charge >= 0.3 is 5.97 Å². The van der Waals surface area contributed by atoms with E-state index >= 15 is 0 Å². The van der Waals surface area contributed by atoms with E-state index in [0.717, 1.165) is 17.0 Å². The van der Waals surface area contributed by atoms with Crippen molar-refractivity contribution in [2.45, 2.75) is 39.5 Å². The standard InChI is InChI=1S/C15H22N2O4/c1-10-13(11(2)21-16-10)4-5-14(18)17-8-6-12(7-9-17)15(19)20-3/h12H,4-9H2,1-3H3. The SMILES string of the molecule is COC(=O)C1CCN(C(=O)CCc2c(C)noc2C)CC1. The van der Waals surface area contributed by atoms with Crippen LogP contribution in [0.4, 0.5) is 0 Å². The molecule has 21 heavy (non-hydrogen) atoms. The Morgan fingerprint density at radius 1 is 1.33 bits per heavy atom. The molecular weight excluding hydrogens is 272 g/mol. The first-order valence-corrected chi connectivity index (χ1v) is 7.30. The molecule has 0 saturated carbocycles. The third-order valence-corrected chi connectivity index (χ3v) is 4.15. The Hall–Kier alpha value is -1.85. The Balaban J connectivity index is 1.81. The van der Waals surface area contributed by atoms with E-state index in [-0.39, 0.29) is 17.8 Å². The van der Waals surface area contributed by atoms with Gasteiger partial charge in [-0.25, -0.2) is 0 Å². The summed E-state index contributed by atoms with van der Waals surface area (Å²) in [4.78, 5) is 25.5. The molecule has 0 spiro atoms. The van der Waals surface area contributed by atoms with Crippen LogP contribution < -0.4 is 0 Å². The minimum atomic E-state index is -0.169. The number of amides is 1. The van der Waals surface area contributed by atoms with Gasteiger partial charge in [0.2, 0.25) is 5.91 Å². The Morgan fingerprint density at radius 3 is 2.52 bits per heavy atom. The van der Waals surface area contributed by atoms with Crippen molar-refractivity contribution >= 4 is 11.9 Å². The van der Waals surface area contributed by atoms with E-state index in [0.29, 0.717) is 38.8 Å². The molecule has 0 bridgehead atoms. The first-order valence-electron chi connectivity index (χ1n) is 7.30. The van der Waals surface area contributed by atoms with Gasteiger partial charge in [0, 0.05) is 25.1 Å². The molecule has 1 aliphatic heterocycles. The number of carbonyl (C=O) groups excluding carboxylic acids is 2. The highest BCUT2D eigenvalue weighted by Gasteiger charge is 2.27. The molecule has 2 rings (SSSR count). The van der Waals surface area contributed by atoms with Gasteiger partial charge in [0.1, 0.15) is 5.76 Å². The molecule has 1 aromatic rings. The fraction of sp³-hybridized carbons (Fsp3) is 0.667. The number of aryl methyl sites for hydroxylation is 2. The van der Waals surface area contributed by atoms with E-state index in [4.69, 9.17) is 9.26 Å². The summed E-state index contributed by atoms with van der Waals surface area (Å²) in [5, 5.41) is 3.89. The zero-order valence-electron chi connectivity index (χ0n) is 12.8. The average Bonchev–Trinajstić information content (AvgIpc) is 2.83. The summed E-state index contributed by atoms with van der Waals surface area (Å²) in [6, 6.07) is 0. The van der Waals surface area contributed by atoms with Gasteiger partial charge in [-0.05, 0) is 33.1 Å². The number of nitrogens with zero attached hydrogens (tertiary/aromatic N) is 2. The zero-order chi connectivity index (χ0) is 15.4. The minimum absolute atomic E-state index is 0.0680. The molecule has 1 aliphatic rings. The number of hydrogen-bond donors (Lipinski definition) is 0. The Labute approximate surface area is 124 Å². The largest absolute Gasteiger partial charge is 0.469 e. The van der Waals surface area contributed by atoms with Crippen LogP contribution in [-0.4, -0.2) is 42.1 Å². The van der Waals surface area contributed by atoms with Gasteiger partial charge in [-0.2, -0.15) is 0 Å². The number of carbonyl (C=O) groups is 2. The molecule has 0 unspecified atom stereocenters. The molecule has 0 aliphatic carbocycles. The van der Waals surface area contributed by atoms with Crippen LogP contribution in [0.2, 0.25) is 0 Å². The fourth-order valence-corrected chi connectivity index (χ4v) is 2.78. The Bertz CT molecular complexity index is 496. The van der Waals surface area contributed by atoms with Crippen LogP contribution in [0, 0.1) is 19.8 Å². The molecule has 0 radical (unpaired) electrons. The highest BCUT2D eigenvalue weighted by molar-refractivity contribution is 5.77. The molecule has 1 amide bonds. The first-order chi connectivity index (χ1) is 10.0. The summed E-state index contributed by atoms with van der Waals surface area (Å²) < 4.78 is 9.85. The van der Waals surface area contributed by atoms with Gasteiger partial charge < -0.3 is 14.2 Å².